The van der Waals surface area contributed by atoms with Crippen molar-refractivity contribution >= 4 is 23.9 Å². The molecule has 1 aromatic heterocycles. The molecule has 0 unspecified atom stereocenters. The van der Waals surface area contributed by atoms with Crippen molar-refractivity contribution < 1.29 is 14.4 Å². The summed E-state index contributed by atoms with van der Waals surface area (Å²) in [6.45, 7) is 0. The topological polar surface area (TPSA) is 65.7 Å². The third kappa shape index (κ3) is 4.03. The van der Waals surface area contributed by atoms with E-state index < -0.39 is 0 Å². The Morgan fingerprint density at radius 1 is 1.11 bits per heavy atom. The van der Waals surface area contributed by atoms with Gasteiger partial charge in [0.15, 0.2) is 0 Å². The van der Waals surface area contributed by atoms with Gasteiger partial charge in [-0.3, -0.25) is 4.68 Å². The number of methoxy groups -OCH3 is 1. The molecule has 3 aromatic rings. The molecule has 0 N–H and O–H groups in total. The Kier molecular flexibility index (Phi) is 5.93. The molecule has 0 saturated carbocycles. The number of oxime groups is 1. The third-order valence-corrected chi connectivity index (χ3v) is 5.12. The van der Waals surface area contributed by atoms with Crippen LogP contribution in [0.2, 0.25) is 0 Å². The van der Waals surface area contributed by atoms with Crippen molar-refractivity contribution in [1.29, 1.82) is 0 Å². The van der Waals surface area contributed by atoms with Gasteiger partial charge in [-0.1, -0.05) is 59.4 Å². The van der Waals surface area contributed by atoms with Gasteiger partial charge in [-0.2, -0.15) is 5.10 Å². The molecule has 0 spiro atoms. The normalized spacial score (nSPS) is 10.9. The summed E-state index contributed by atoms with van der Waals surface area (Å²) in [7, 11) is 4.73. The van der Waals surface area contributed by atoms with Gasteiger partial charge in [0.25, 0.3) is 0 Å². The average Bonchev–Trinajstić information content (AvgIpc) is 3.02. The van der Waals surface area contributed by atoms with Crippen molar-refractivity contribution in [3.8, 4) is 11.3 Å². The second-order valence-electron chi connectivity index (χ2n) is 5.56. The molecule has 138 valence electrons. The minimum atomic E-state index is -0.379. The molecule has 0 aliphatic heterocycles. The number of carbonyl (C=O) groups is 1. The van der Waals surface area contributed by atoms with Crippen LogP contribution in [0.3, 0.4) is 0 Å². The van der Waals surface area contributed by atoms with Crippen molar-refractivity contribution in [3.05, 3.63) is 65.7 Å². The van der Waals surface area contributed by atoms with Gasteiger partial charge in [-0.05, 0) is 12.1 Å². The van der Waals surface area contributed by atoms with E-state index in [2.05, 4.69) is 10.3 Å². The van der Waals surface area contributed by atoms with E-state index in [4.69, 9.17) is 9.57 Å². The summed E-state index contributed by atoms with van der Waals surface area (Å²) in [5, 5.41) is 9.43. The molecular weight excluding hydrogens is 362 g/mol. The molecule has 7 heteroatoms. The predicted molar refractivity (Wildman–Crippen MR) is 105 cm³/mol. The first-order chi connectivity index (χ1) is 13.2. The molecule has 0 atom stereocenters. The van der Waals surface area contributed by atoms with Crippen LogP contribution < -0.4 is 0 Å². The number of aryl methyl sites for hydroxylation is 1. The summed E-state index contributed by atoms with van der Waals surface area (Å²) in [5.41, 5.74) is 3.08. The van der Waals surface area contributed by atoms with Crippen molar-refractivity contribution in [1.82, 2.24) is 9.78 Å². The predicted octanol–water partition coefficient (Wildman–Crippen LogP) is 4.01. The van der Waals surface area contributed by atoms with Gasteiger partial charge in [0, 0.05) is 17.5 Å². The van der Waals surface area contributed by atoms with E-state index in [9.17, 15) is 4.79 Å². The minimum absolute atomic E-state index is 0.379. The fraction of sp³-hybridized carbons (Fsp3) is 0.150. The molecule has 0 saturated heterocycles. The highest BCUT2D eigenvalue weighted by atomic mass is 32.2. The zero-order valence-electron chi connectivity index (χ0n) is 15.2. The van der Waals surface area contributed by atoms with Crippen LogP contribution in [0.5, 0.6) is 0 Å². The van der Waals surface area contributed by atoms with Gasteiger partial charge in [-0.15, -0.1) is 0 Å². The summed E-state index contributed by atoms with van der Waals surface area (Å²) in [5.74, 6) is -0.379. The Bertz CT molecular complexity index is 968. The second kappa shape index (κ2) is 8.55. The quantitative estimate of drug-likeness (QED) is 0.367. The first kappa shape index (κ1) is 18.7. The van der Waals surface area contributed by atoms with Crippen molar-refractivity contribution in [2.45, 2.75) is 9.92 Å². The van der Waals surface area contributed by atoms with Crippen molar-refractivity contribution in [3.63, 3.8) is 0 Å². The number of hydrogen-bond donors (Lipinski definition) is 0. The fourth-order valence-electron chi connectivity index (χ4n) is 2.62. The molecule has 0 amide bonds. The summed E-state index contributed by atoms with van der Waals surface area (Å²) < 4.78 is 6.67. The van der Waals surface area contributed by atoms with Crippen LogP contribution in [0.25, 0.3) is 11.3 Å². The van der Waals surface area contributed by atoms with Gasteiger partial charge in [0.05, 0.1) is 24.5 Å². The Labute approximate surface area is 161 Å². The lowest BCUT2D eigenvalue weighted by Crippen LogP contribution is -2.03. The number of hydrogen-bond acceptors (Lipinski definition) is 6. The first-order valence-electron chi connectivity index (χ1n) is 8.19. The smallest absolute Gasteiger partial charge is 0.339 e. The van der Waals surface area contributed by atoms with Crippen LogP contribution in [0.15, 0.2) is 69.7 Å². The Morgan fingerprint density at radius 3 is 2.52 bits per heavy atom. The molecule has 0 aliphatic carbocycles. The SMILES string of the molecule is CON=Cc1c(-c2ccccc2)nn(C)c1Sc1ccccc1C(=O)OC. The van der Waals surface area contributed by atoms with Crippen LogP contribution >= 0.6 is 11.8 Å². The van der Waals surface area contributed by atoms with E-state index in [-0.39, 0.29) is 5.97 Å². The van der Waals surface area contributed by atoms with Crippen LogP contribution in [0.4, 0.5) is 0 Å². The lowest BCUT2D eigenvalue weighted by Gasteiger charge is -2.08. The molecule has 0 bridgehead atoms. The third-order valence-electron chi connectivity index (χ3n) is 3.86. The highest BCUT2D eigenvalue weighted by molar-refractivity contribution is 7.99. The Balaban J connectivity index is 2.10. The summed E-state index contributed by atoms with van der Waals surface area (Å²) in [6, 6.07) is 17.2. The molecule has 0 fully saturated rings. The highest BCUT2D eigenvalue weighted by Crippen LogP contribution is 2.36. The standard InChI is InChI=1S/C20H19N3O3S/c1-23-19(27-17-12-8-7-11-15(17)20(24)25-2)16(13-21-26-3)18(22-23)14-9-5-4-6-10-14/h4-13H,1-3H3. The molecule has 0 aliphatic rings. The van der Waals surface area contributed by atoms with Gasteiger partial charge in [0.2, 0.25) is 0 Å². The highest BCUT2D eigenvalue weighted by Gasteiger charge is 2.20. The van der Waals surface area contributed by atoms with Gasteiger partial charge < -0.3 is 9.57 Å². The maximum absolute atomic E-state index is 12.1. The van der Waals surface area contributed by atoms with Gasteiger partial charge in [0.1, 0.15) is 17.8 Å². The van der Waals surface area contributed by atoms with E-state index in [1.807, 2.05) is 55.6 Å². The summed E-state index contributed by atoms with van der Waals surface area (Å²) in [6.07, 6.45) is 1.64. The largest absolute Gasteiger partial charge is 0.465 e. The van der Waals surface area contributed by atoms with E-state index in [1.54, 1.807) is 17.0 Å². The van der Waals surface area contributed by atoms with E-state index in [1.165, 1.54) is 26.0 Å². The lowest BCUT2D eigenvalue weighted by atomic mass is 10.1. The molecule has 0 radical (unpaired) electrons. The van der Waals surface area contributed by atoms with Crippen molar-refractivity contribution in [2.24, 2.45) is 12.2 Å². The number of rotatable bonds is 6. The molecule has 1 heterocycles. The Morgan fingerprint density at radius 2 is 1.81 bits per heavy atom. The maximum Gasteiger partial charge on any atom is 0.339 e. The molecular formula is C20H19N3O3S. The number of benzene rings is 2. The monoisotopic (exact) mass is 381 g/mol. The minimum Gasteiger partial charge on any atom is -0.465 e. The number of nitrogens with zero attached hydrogens (tertiary/aromatic N) is 3. The second-order valence-corrected chi connectivity index (χ2v) is 6.59. The molecule has 27 heavy (non-hydrogen) atoms. The molecule has 3 rings (SSSR count). The Hall–Kier alpha value is -3.06. The zero-order valence-corrected chi connectivity index (χ0v) is 16.1. The average molecular weight is 381 g/mol. The maximum atomic E-state index is 12.1. The van der Waals surface area contributed by atoms with Crippen LogP contribution in [-0.2, 0) is 16.6 Å². The number of esters is 1. The number of ether oxygens (including phenoxy) is 1. The zero-order chi connectivity index (χ0) is 19.2. The molecule has 2 aromatic carbocycles. The van der Waals surface area contributed by atoms with Crippen LogP contribution in [0.1, 0.15) is 15.9 Å². The first-order valence-corrected chi connectivity index (χ1v) is 9.01. The van der Waals surface area contributed by atoms with Crippen LogP contribution in [0, 0.1) is 0 Å². The van der Waals surface area contributed by atoms with Crippen molar-refractivity contribution in [2.75, 3.05) is 14.2 Å². The van der Waals surface area contributed by atoms with Gasteiger partial charge in [-0.25, -0.2) is 4.79 Å². The van der Waals surface area contributed by atoms with E-state index in [0.29, 0.717) is 5.56 Å². The molecule has 6 nitrogen and oxygen atoms in total. The number of aromatic nitrogens is 2. The summed E-state index contributed by atoms with van der Waals surface area (Å²) in [4.78, 5) is 17.7. The number of carbonyl (C=O) groups excluding carboxylic acids is 1. The lowest BCUT2D eigenvalue weighted by molar-refractivity contribution is 0.0597. The van der Waals surface area contributed by atoms with Crippen LogP contribution in [-0.4, -0.2) is 36.2 Å². The van der Waals surface area contributed by atoms with E-state index >= 15 is 0 Å². The summed E-state index contributed by atoms with van der Waals surface area (Å²) >= 11 is 1.43. The van der Waals surface area contributed by atoms with Gasteiger partial charge >= 0.3 is 5.97 Å². The van der Waals surface area contributed by atoms with E-state index in [0.717, 1.165) is 26.7 Å². The fourth-order valence-corrected chi connectivity index (χ4v) is 3.66.